The van der Waals surface area contributed by atoms with Crippen LogP contribution < -0.4 is 0 Å². The van der Waals surface area contributed by atoms with Gasteiger partial charge in [0.25, 0.3) is 0 Å². The van der Waals surface area contributed by atoms with Gasteiger partial charge in [0.15, 0.2) is 0 Å². The molecule has 0 heterocycles. The topological polar surface area (TPSA) is 33.0 Å². The van der Waals surface area contributed by atoms with Crippen LogP contribution in [0.1, 0.15) is 11.1 Å². The minimum Gasteiger partial charge on any atom is -0.339 e. The van der Waals surface area contributed by atoms with Crippen molar-refractivity contribution in [2.24, 2.45) is 0 Å². The molecule has 0 aliphatic rings. The largest absolute Gasteiger partial charge is 0.453 e. The Bertz CT molecular complexity index is 465. The summed E-state index contributed by atoms with van der Waals surface area (Å²) in [6, 6.07) is 2.94. The van der Waals surface area contributed by atoms with Crippen molar-refractivity contribution >= 4 is 0 Å². The van der Waals surface area contributed by atoms with Gasteiger partial charge in [-0.1, -0.05) is 0 Å². The van der Waals surface area contributed by atoms with Gasteiger partial charge in [-0.2, -0.15) is 22.8 Å². The van der Waals surface area contributed by atoms with Crippen LogP contribution in [0.15, 0.2) is 18.2 Å². The summed E-state index contributed by atoms with van der Waals surface area (Å²) in [6.45, 7) is 0. The van der Waals surface area contributed by atoms with Gasteiger partial charge in [-0.15, -0.1) is 0 Å². The third-order valence-electron chi connectivity index (χ3n) is 2.10. The molecule has 1 unspecified atom stereocenters. The number of nitriles is 1. The molecule has 0 aromatic heterocycles. The third-order valence-corrected chi connectivity index (χ3v) is 2.10. The first-order valence-electron chi connectivity index (χ1n) is 4.27. The number of alkyl halides is 4. The molecule has 7 heteroatoms. The average Bonchev–Trinajstić information content (AvgIpc) is 2.27. The Morgan fingerprint density at radius 1 is 1.24 bits per heavy atom. The van der Waals surface area contributed by atoms with Gasteiger partial charge in [0.1, 0.15) is 11.9 Å². The van der Waals surface area contributed by atoms with Crippen molar-refractivity contribution in [3.63, 3.8) is 0 Å². The zero-order valence-corrected chi connectivity index (χ0v) is 8.48. The number of ether oxygens (including phenoxy) is 1. The van der Waals surface area contributed by atoms with Gasteiger partial charge in [0, 0.05) is 12.7 Å². The second-order valence-electron chi connectivity index (χ2n) is 3.10. The smallest absolute Gasteiger partial charge is 0.339 e. The van der Waals surface area contributed by atoms with E-state index in [1.807, 2.05) is 0 Å². The molecule has 1 aromatic rings. The summed E-state index contributed by atoms with van der Waals surface area (Å²) in [6.07, 6.45) is -5.33. The molecule has 0 N–H and O–H groups in total. The van der Waals surface area contributed by atoms with E-state index in [4.69, 9.17) is 5.26 Å². The molecule has 0 aliphatic carbocycles. The normalized spacial score (nSPS) is 15.1. The van der Waals surface area contributed by atoms with Crippen LogP contribution >= 0.6 is 0 Å². The number of hydrogen-bond acceptors (Lipinski definition) is 2. The molecule has 0 fully saturated rings. The SMILES string of the molecule is COC(F)(c1ccc(F)c(C#N)c1)C(F)(F)F. The van der Waals surface area contributed by atoms with Crippen molar-refractivity contribution in [2.75, 3.05) is 7.11 Å². The van der Waals surface area contributed by atoms with E-state index < -0.39 is 29.0 Å². The molecule has 0 bridgehead atoms. The van der Waals surface area contributed by atoms with Crippen LogP contribution in [0, 0.1) is 17.1 Å². The summed E-state index contributed by atoms with van der Waals surface area (Å²) in [5, 5.41) is 8.45. The Kier molecular flexibility index (Phi) is 3.38. The first kappa shape index (κ1) is 13.4. The molecule has 1 rings (SSSR count). The van der Waals surface area contributed by atoms with E-state index in [2.05, 4.69) is 4.74 Å². The third kappa shape index (κ3) is 2.22. The lowest BCUT2D eigenvalue weighted by molar-refractivity contribution is -0.333. The minimum atomic E-state index is -5.33. The monoisotopic (exact) mass is 251 g/mol. The van der Waals surface area contributed by atoms with Crippen molar-refractivity contribution in [1.29, 1.82) is 5.26 Å². The van der Waals surface area contributed by atoms with Crippen LogP contribution in [-0.2, 0) is 10.6 Å². The predicted octanol–water partition coefficient (Wildman–Crippen LogP) is 3.03. The van der Waals surface area contributed by atoms with Crippen LogP contribution in [0.2, 0.25) is 0 Å². The Labute approximate surface area is 93.2 Å². The fourth-order valence-electron chi connectivity index (χ4n) is 1.21. The van der Waals surface area contributed by atoms with Crippen LogP contribution in [-0.4, -0.2) is 13.3 Å². The zero-order valence-electron chi connectivity index (χ0n) is 8.48. The molecule has 2 nitrogen and oxygen atoms in total. The number of nitrogens with zero attached hydrogens (tertiary/aromatic N) is 1. The van der Waals surface area contributed by atoms with Crippen molar-refractivity contribution in [1.82, 2.24) is 0 Å². The second-order valence-corrected chi connectivity index (χ2v) is 3.10. The van der Waals surface area contributed by atoms with Gasteiger partial charge in [0.2, 0.25) is 0 Å². The summed E-state index contributed by atoms with van der Waals surface area (Å²) >= 11 is 0. The maximum atomic E-state index is 13.6. The summed E-state index contributed by atoms with van der Waals surface area (Å²) in [5.41, 5.74) is -1.67. The summed E-state index contributed by atoms with van der Waals surface area (Å²) in [4.78, 5) is 0. The zero-order chi connectivity index (χ0) is 13.3. The van der Waals surface area contributed by atoms with E-state index in [0.717, 1.165) is 0 Å². The molecule has 92 valence electrons. The maximum Gasteiger partial charge on any atom is 0.453 e. The lowest BCUT2D eigenvalue weighted by Gasteiger charge is -2.26. The van der Waals surface area contributed by atoms with Crippen molar-refractivity contribution in [3.05, 3.63) is 35.1 Å². The lowest BCUT2D eigenvalue weighted by atomic mass is 10.0. The molecule has 1 atom stereocenters. The van der Waals surface area contributed by atoms with Crippen molar-refractivity contribution < 1.29 is 26.7 Å². The molecular formula is C10H6F5NO. The predicted molar refractivity (Wildman–Crippen MR) is 47.0 cm³/mol. The summed E-state index contributed by atoms with van der Waals surface area (Å²) < 4.78 is 67.7. The molecular weight excluding hydrogens is 245 g/mol. The van der Waals surface area contributed by atoms with E-state index in [9.17, 15) is 22.0 Å². The number of benzene rings is 1. The Morgan fingerprint density at radius 2 is 1.82 bits per heavy atom. The average molecular weight is 251 g/mol. The quantitative estimate of drug-likeness (QED) is 0.757. The van der Waals surface area contributed by atoms with Crippen molar-refractivity contribution in [2.45, 2.75) is 12.0 Å². The maximum absolute atomic E-state index is 13.6. The highest BCUT2D eigenvalue weighted by Gasteiger charge is 2.58. The number of rotatable bonds is 2. The number of halogens is 5. The van der Waals surface area contributed by atoms with E-state index >= 15 is 0 Å². The minimum absolute atomic E-state index is 0.465. The first-order valence-corrected chi connectivity index (χ1v) is 4.27. The highest BCUT2D eigenvalue weighted by Crippen LogP contribution is 2.43. The molecule has 0 saturated heterocycles. The van der Waals surface area contributed by atoms with Crippen molar-refractivity contribution in [3.8, 4) is 6.07 Å². The van der Waals surface area contributed by atoms with Gasteiger partial charge in [-0.3, -0.25) is 0 Å². The van der Waals surface area contributed by atoms with E-state index in [1.54, 1.807) is 0 Å². The molecule has 0 amide bonds. The lowest BCUT2D eigenvalue weighted by Crippen LogP contribution is -2.40. The van der Waals surface area contributed by atoms with Gasteiger partial charge in [-0.25, -0.2) is 4.39 Å². The summed E-state index contributed by atoms with van der Waals surface area (Å²) in [5.74, 6) is -5.09. The molecule has 0 aliphatic heterocycles. The molecule has 17 heavy (non-hydrogen) atoms. The summed E-state index contributed by atoms with van der Waals surface area (Å²) in [7, 11) is 0.531. The fraction of sp³-hybridized carbons (Fsp3) is 0.300. The van der Waals surface area contributed by atoms with Crippen LogP contribution in [0.4, 0.5) is 22.0 Å². The fourth-order valence-corrected chi connectivity index (χ4v) is 1.21. The molecule has 0 radical (unpaired) electrons. The van der Waals surface area contributed by atoms with Crippen LogP contribution in [0.25, 0.3) is 0 Å². The van der Waals surface area contributed by atoms with E-state index in [0.29, 0.717) is 25.3 Å². The van der Waals surface area contributed by atoms with Gasteiger partial charge >= 0.3 is 12.0 Å². The van der Waals surface area contributed by atoms with E-state index in [-0.39, 0.29) is 0 Å². The number of methoxy groups -OCH3 is 1. The standard InChI is InChI=1S/C10H6F5NO/c1-17-9(12,10(13,14)15)7-2-3-8(11)6(4-7)5-16/h2-4H,1H3. The second kappa shape index (κ2) is 4.30. The Morgan fingerprint density at radius 3 is 2.24 bits per heavy atom. The van der Waals surface area contributed by atoms with Crippen LogP contribution in [0.3, 0.4) is 0 Å². The van der Waals surface area contributed by atoms with Gasteiger partial charge < -0.3 is 4.74 Å². The highest BCUT2D eigenvalue weighted by molar-refractivity contribution is 5.36. The molecule has 0 spiro atoms. The van der Waals surface area contributed by atoms with Crippen LogP contribution in [0.5, 0.6) is 0 Å². The first-order chi connectivity index (χ1) is 7.76. The van der Waals surface area contributed by atoms with E-state index in [1.165, 1.54) is 6.07 Å². The molecule has 1 aromatic carbocycles. The Balaban J connectivity index is 3.38. The Hall–Kier alpha value is -1.68. The highest BCUT2D eigenvalue weighted by atomic mass is 19.4. The van der Waals surface area contributed by atoms with Gasteiger partial charge in [0.05, 0.1) is 5.56 Å². The van der Waals surface area contributed by atoms with Gasteiger partial charge in [-0.05, 0) is 18.2 Å². The number of hydrogen-bond donors (Lipinski definition) is 0. The molecule has 0 saturated carbocycles.